The molecule has 13 heterocycles. The van der Waals surface area contributed by atoms with Crippen LogP contribution in [0.4, 0.5) is 0 Å². The fourth-order valence-electron chi connectivity index (χ4n) is 13.4. The molecule has 0 bridgehead atoms. The first-order chi connectivity index (χ1) is 53.1. The van der Waals surface area contributed by atoms with Gasteiger partial charge < -0.3 is 0 Å². The van der Waals surface area contributed by atoms with E-state index in [4.69, 9.17) is 0 Å². The van der Waals surface area contributed by atoms with Gasteiger partial charge in [-0.15, -0.1) is 68.0 Å². The van der Waals surface area contributed by atoms with Gasteiger partial charge in [-0.05, 0) is 235 Å². The summed E-state index contributed by atoms with van der Waals surface area (Å²) < 4.78 is 13.2. The number of nitrogens with zero attached hydrogens (tertiary/aromatic N) is 9. The minimum atomic E-state index is 0.717. The van der Waals surface area contributed by atoms with Gasteiger partial charge in [0.25, 0.3) is 0 Å². The Balaban J connectivity index is 0.000000102. The van der Waals surface area contributed by atoms with E-state index in [1.54, 1.807) is 22.7 Å². The van der Waals surface area contributed by atoms with Crippen LogP contribution in [0.2, 0.25) is 0 Å². The Morgan fingerprint density at radius 1 is 0.200 bits per heavy atom. The molecule has 21 aromatic rings. The van der Waals surface area contributed by atoms with Crippen molar-refractivity contribution < 1.29 is 0 Å². The van der Waals surface area contributed by atoms with Gasteiger partial charge in [0.1, 0.15) is 15.5 Å². The summed E-state index contributed by atoms with van der Waals surface area (Å²) in [6.07, 6.45) is 7.76. The molecule has 9 nitrogen and oxygen atoms in total. The van der Waals surface area contributed by atoms with Crippen molar-refractivity contribution in [1.82, 2.24) is 44.9 Å². The molecule has 0 amide bonds. The highest BCUT2D eigenvalue weighted by Gasteiger charge is 2.14. The van der Waals surface area contributed by atoms with Crippen molar-refractivity contribution in [2.24, 2.45) is 0 Å². The maximum atomic E-state index is 4.62. The van der Waals surface area contributed by atoms with Crippen LogP contribution in [-0.4, -0.2) is 44.9 Å². The lowest BCUT2D eigenvalue weighted by Crippen LogP contribution is -1.99. The molecule has 21 rings (SSSR count). The molecule has 0 N–H and O–H groups in total. The van der Waals surface area contributed by atoms with Crippen molar-refractivity contribution in [1.29, 1.82) is 0 Å². The highest BCUT2D eigenvalue weighted by Crippen LogP contribution is 2.40. The van der Waals surface area contributed by atoms with Crippen LogP contribution in [0.15, 0.2) is 237 Å². The monoisotopic (exact) mass is 1540 g/mol. The predicted molar refractivity (Wildman–Crippen MR) is 480 cm³/mol. The molecular formula is C95H81N9S6. The molecule has 13 aromatic heterocycles. The average molecular weight is 1540 g/mol. The fourth-order valence-corrected chi connectivity index (χ4v) is 19.5. The Morgan fingerprint density at radius 3 is 0.982 bits per heavy atom. The van der Waals surface area contributed by atoms with Crippen LogP contribution in [0.3, 0.4) is 0 Å². The van der Waals surface area contributed by atoms with E-state index in [0.29, 0.717) is 0 Å². The van der Waals surface area contributed by atoms with Crippen molar-refractivity contribution in [3.8, 4) is 22.8 Å². The molecule has 0 fully saturated rings. The first-order valence-electron chi connectivity index (χ1n) is 36.6. The summed E-state index contributed by atoms with van der Waals surface area (Å²) in [5, 5.41) is 13.2. The van der Waals surface area contributed by atoms with Crippen LogP contribution in [0.5, 0.6) is 0 Å². The SMILES string of the molecule is Cc1ccc2sc3ccc(C)cc3c2c1.Cc1ccc2sc3ccc(C)nc3c2c1.Cc1ccc2sc3ccc(C)nc3c2c1.Cc1ccc2sc3cnc(C)cc3c2c1.Cc1ccc2sc3ncc(C)cc3c2c1.Cc1cccc(-c2nc(C)nc(-c3ccccc3)n2)c1.Cc1cnc2sc3cnc(C)cc3c2c1. The van der Waals surface area contributed by atoms with Crippen molar-refractivity contribution in [2.45, 2.75) is 96.9 Å². The fraction of sp³-hybridized carbons (Fsp3) is 0.147. The van der Waals surface area contributed by atoms with E-state index in [1.165, 1.54) is 151 Å². The van der Waals surface area contributed by atoms with Crippen molar-refractivity contribution in [3.63, 3.8) is 0 Å². The summed E-state index contributed by atoms with van der Waals surface area (Å²) in [6.45, 7) is 29.1. The van der Waals surface area contributed by atoms with E-state index >= 15 is 0 Å². The highest BCUT2D eigenvalue weighted by molar-refractivity contribution is 7.27. The third-order valence-electron chi connectivity index (χ3n) is 18.8. The second-order valence-electron chi connectivity index (χ2n) is 28.3. The summed E-state index contributed by atoms with van der Waals surface area (Å²) in [7, 11) is 0. The molecule has 8 aromatic carbocycles. The van der Waals surface area contributed by atoms with Crippen LogP contribution in [0.25, 0.3) is 144 Å². The lowest BCUT2D eigenvalue weighted by Gasteiger charge is -2.06. The van der Waals surface area contributed by atoms with Gasteiger partial charge in [0, 0.05) is 141 Å². The first-order valence-corrected chi connectivity index (χ1v) is 41.5. The highest BCUT2D eigenvalue weighted by atomic mass is 32.1. The normalized spacial score (nSPS) is 11.2. The Bertz CT molecular complexity index is 5750. The zero-order valence-corrected chi connectivity index (χ0v) is 68.9. The van der Waals surface area contributed by atoms with Crippen molar-refractivity contribution in [3.05, 3.63) is 316 Å². The third kappa shape index (κ3) is 16.7. The van der Waals surface area contributed by atoms with Crippen LogP contribution in [0, 0.1) is 96.9 Å². The molecule has 0 aliphatic heterocycles. The Morgan fingerprint density at radius 2 is 0.527 bits per heavy atom. The molecule has 0 spiro atoms. The van der Waals surface area contributed by atoms with Gasteiger partial charge in [-0.1, -0.05) is 124 Å². The van der Waals surface area contributed by atoms with Gasteiger partial charge in [0.2, 0.25) is 0 Å². The maximum Gasteiger partial charge on any atom is 0.163 e. The first kappa shape index (κ1) is 74.5. The topological polar surface area (TPSA) is 116 Å². The molecule has 542 valence electrons. The number of pyridine rings is 6. The van der Waals surface area contributed by atoms with E-state index < -0.39 is 0 Å². The molecule has 0 saturated heterocycles. The zero-order chi connectivity index (χ0) is 76.4. The molecule has 0 aliphatic carbocycles. The van der Waals surface area contributed by atoms with Crippen LogP contribution in [-0.2, 0) is 0 Å². The standard InChI is InChI=1S/C17H15N3.C14H12S.4C13H11NS.C12H10N2S/c1-12-7-6-10-15(11-12)17-19-13(2)18-16(20-17)14-8-4-3-5-9-14;1-9-3-5-13-11(7-9)12-8-10(2)4-6-14(12)15-13;2*1-8-3-5-11-10(7-8)13-12(15-11)6-4-9(2)14-13;1-8-3-4-12-10(5-8)11-6-9(2)14-7-13(11)15-12;1-8-3-4-12-10(5-8)11-6-9(2)7-14-13(11)15-12;1-7-3-10-9-4-8(2)13-6-11(9)15-12(10)14-5-7/h3-11H,1-2H3;3-8H,1-2H3;4*3-7H,1-2H3;3-6H,1-2H3. The average Bonchev–Trinajstić information content (AvgIpc) is 1.66. The van der Waals surface area contributed by atoms with Gasteiger partial charge in [0.15, 0.2) is 11.6 Å². The number of benzene rings is 8. The molecule has 15 heteroatoms. The number of aromatic nitrogens is 9. The lowest BCUT2D eigenvalue weighted by molar-refractivity contribution is 0.991. The summed E-state index contributed by atoms with van der Waals surface area (Å²) in [5.41, 5.74) is 20.2. The third-order valence-corrected chi connectivity index (χ3v) is 25.5. The summed E-state index contributed by atoms with van der Waals surface area (Å²) in [4.78, 5) is 42.5. The van der Waals surface area contributed by atoms with E-state index in [2.05, 4.69) is 277 Å². The zero-order valence-electron chi connectivity index (χ0n) is 64.0. The number of thiophene rings is 6. The van der Waals surface area contributed by atoms with E-state index in [0.717, 1.165) is 72.1 Å². The van der Waals surface area contributed by atoms with E-state index in [1.807, 2.05) is 147 Å². The predicted octanol–water partition coefficient (Wildman–Crippen LogP) is 28.2. The second kappa shape index (κ2) is 32.3. The van der Waals surface area contributed by atoms with Crippen LogP contribution >= 0.6 is 68.0 Å². The minimum Gasteiger partial charge on any atom is -0.260 e. The smallest absolute Gasteiger partial charge is 0.163 e. The second-order valence-corrected chi connectivity index (χ2v) is 34.7. The van der Waals surface area contributed by atoms with Crippen LogP contribution in [0.1, 0.15) is 78.7 Å². The van der Waals surface area contributed by atoms with E-state index in [-0.39, 0.29) is 0 Å². The van der Waals surface area contributed by atoms with Gasteiger partial charge in [0.05, 0.1) is 29.8 Å². The van der Waals surface area contributed by atoms with E-state index in [9.17, 15) is 0 Å². The summed E-state index contributed by atoms with van der Waals surface area (Å²) >= 11 is 10.8. The number of hydrogen-bond acceptors (Lipinski definition) is 15. The van der Waals surface area contributed by atoms with Crippen molar-refractivity contribution >= 4 is 190 Å². The lowest BCUT2D eigenvalue weighted by atomic mass is 10.1. The Kier molecular flexibility index (Phi) is 21.8. The van der Waals surface area contributed by atoms with Crippen LogP contribution < -0.4 is 0 Å². The number of fused-ring (bicyclic) bond motifs is 18. The minimum absolute atomic E-state index is 0.717. The molecule has 0 radical (unpaired) electrons. The quantitative estimate of drug-likeness (QED) is 0.167. The van der Waals surface area contributed by atoms with Gasteiger partial charge in [-0.3, -0.25) is 19.9 Å². The number of aryl methyl sites for hydroxylation is 14. The largest absolute Gasteiger partial charge is 0.260 e. The summed E-state index contributed by atoms with van der Waals surface area (Å²) in [5.74, 6) is 2.17. The number of hydrogen-bond donors (Lipinski definition) is 0. The summed E-state index contributed by atoms with van der Waals surface area (Å²) in [6, 6.07) is 75.1. The maximum absolute atomic E-state index is 4.62. The van der Waals surface area contributed by atoms with Gasteiger partial charge in [-0.25, -0.2) is 24.9 Å². The molecule has 0 unspecified atom stereocenters. The number of rotatable bonds is 2. The Labute approximate surface area is 664 Å². The van der Waals surface area contributed by atoms with Gasteiger partial charge in [-0.2, -0.15) is 0 Å². The molecule has 0 aliphatic rings. The van der Waals surface area contributed by atoms with Gasteiger partial charge >= 0.3 is 0 Å². The van der Waals surface area contributed by atoms with Crippen molar-refractivity contribution in [2.75, 3.05) is 0 Å². The Hall–Kier alpha value is -11.0. The molecule has 0 atom stereocenters. The molecule has 110 heavy (non-hydrogen) atoms. The molecule has 0 saturated carbocycles. The molecular weight excluding hydrogens is 1460 g/mol.